The van der Waals surface area contributed by atoms with Gasteiger partial charge in [-0.2, -0.15) is 0 Å². The first kappa shape index (κ1) is 10.8. The molecule has 0 spiro atoms. The fraction of sp³-hybridized carbons (Fsp3) is 0.231. The highest BCUT2D eigenvalue weighted by molar-refractivity contribution is 6.30. The van der Waals surface area contributed by atoms with Gasteiger partial charge in [-0.15, -0.1) is 0 Å². The lowest BCUT2D eigenvalue weighted by Gasteiger charge is -2.13. The van der Waals surface area contributed by atoms with Crippen molar-refractivity contribution < 1.29 is 9.47 Å². The van der Waals surface area contributed by atoms with E-state index in [4.69, 9.17) is 21.1 Å². The molecule has 0 bridgehead atoms. The maximum atomic E-state index is 5.88. The summed E-state index contributed by atoms with van der Waals surface area (Å²) in [5, 5.41) is 0.732. The van der Waals surface area contributed by atoms with E-state index in [1.165, 1.54) is 0 Å². The lowest BCUT2D eigenvalue weighted by Crippen LogP contribution is -2.05. The van der Waals surface area contributed by atoms with Crippen molar-refractivity contribution in [3.05, 3.63) is 53.3 Å². The number of ether oxygens (including phenoxy) is 2. The third kappa shape index (κ3) is 2.09. The molecular weight excluding hydrogens is 238 g/mol. The Labute approximate surface area is 105 Å². The van der Waals surface area contributed by atoms with Crippen LogP contribution in [0.3, 0.4) is 0 Å². The molecule has 2 aromatic rings. The van der Waals surface area contributed by atoms with Gasteiger partial charge < -0.3 is 14.0 Å². The van der Waals surface area contributed by atoms with Crippen LogP contribution in [-0.2, 0) is 9.47 Å². The van der Waals surface area contributed by atoms with Crippen LogP contribution >= 0.6 is 11.6 Å². The highest BCUT2D eigenvalue weighted by Crippen LogP contribution is 2.26. The summed E-state index contributed by atoms with van der Waals surface area (Å²) < 4.78 is 13.1. The minimum Gasteiger partial charge on any atom is -0.345 e. The Hall–Kier alpha value is -1.29. The minimum absolute atomic E-state index is 0.263. The molecule has 1 aliphatic heterocycles. The van der Waals surface area contributed by atoms with E-state index in [1.54, 1.807) is 0 Å². The van der Waals surface area contributed by atoms with E-state index in [2.05, 4.69) is 0 Å². The third-order valence-electron chi connectivity index (χ3n) is 2.75. The predicted molar refractivity (Wildman–Crippen MR) is 65.4 cm³/mol. The molecule has 1 aliphatic rings. The van der Waals surface area contributed by atoms with Crippen molar-refractivity contribution in [2.45, 2.75) is 6.29 Å². The summed E-state index contributed by atoms with van der Waals surface area (Å²) in [7, 11) is 0. The molecule has 2 heterocycles. The van der Waals surface area contributed by atoms with E-state index in [1.807, 2.05) is 47.2 Å². The first-order valence-corrected chi connectivity index (χ1v) is 5.89. The molecule has 0 saturated carbocycles. The van der Waals surface area contributed by atoms with Gasteiger partial charge in [-0.05, 0) is 36.4 Å². The number of aromatic nitrogens is 1. The van der Waals surface area contributed by atoms with Gasteiger partial charge in [0.05, 0.1) is 18.9 Å². The SMILES string of the molecule is Clc1ccc(-n2cccc2C2OCCO2)cc1. The Morgan fingerprint density at radius 1 is 1.06 bits per heavy atom. The lowest BCUT2D eigenvalue weighted by atomic mass is 10.3. The summed E-state index contributed by atoms with van der Waals surface area (Å²) in [5.74, 6) is 0. The molecule has 1 aromatic carbocycles. The maximum Gasteiger partial charge on any atom is 0.199 e. The van der Waals surface area contributed by atoms with Crippen molar-refractivity contribution in [3.63, 3.8) is 0 Å². The summed E-state index contributed by atoms with van der Waals surface area (Å²) in [6, 6.07) is 11.7. The molecule has 3 nitrogen and oxygen atoms in total. The van der Waals surface area contributed by atoms with Crippen LogP contribution in [0.25, 0.3) is 5.69 Å². The van der Waals surface area contributed by atoms with Crippen molar-refractivity contribution >= 4 is 11.6 Å². The first-order chi connectivity index (χ1) is 8.34. The van der Waals surface area contributed by atoms with Gasteiger partial charge in [0.25, 0.3) is 0 Å². The molecule has 88 valence electrons. The van der Waals surface area contributed by atoms with Crippen molar-refractivity contribution in [2.24, 2.45) is 0 Å². The van der Waals surface area contributed by atoms with Crippen LogP contribution in [0.5, 0.6) is 0 Å². The van der Waals surface area contributed by atoms with E-state index in [-0.39, 0.29) is 6.29 Å². The number of nitrogens with zero attached hydrogens (tertiary/aromatic N) is 1. The zero-order valence-corrected chi connectivity index (χ0v) is 9.93. The maximum absolute atomic E-state index is 5.88. The van der Waals surface area contributed by atoms with Crippen molar-refractivity contribution in [3.8, 4) is 5.69 Å². The number of hydrogen-bond acceptors (Lipinski definition) is 2. The van der Waals surface area contributed by atoms with Gasteiger partial charge in [0.15, 0.2) is 6.29 Å². The van der Waals surface area contributed by atoms with Gasteiger partial charge in [0, 0.05) is 16.9 Å². The van der Waals surface area contributed by atoms with Gasteiger partial charge in [-0.25, -0.2) is 0 Å². The number of halogens is 1. The molecule has 4 heteroatoms. The van der Waals surface area contributed by atoms with E-state index in [0.717, 1.165) is 16.4 Å². The van der Waals surface area contributed by atoms with Gasteiger partial charge >= 0.3 is 0 Å². The van der Waals surface area contributed by atoms with Crippen LogP contribution in [-0.4, -0.2) is 17.8 Å². The summed E-state index contributed by atoms with van der Waals surface area (Å²) in [5.41, 5.74) is 2.05. The molecule has 3 rings (SSSR count). The highest BCUT2D eigenvalue weighted by atomic mass is 35.5. The van der Waals surface area contributed by atoms with Crippen molar-refractivity contribution in [1.29, 1.82) is 0 Å². The second-order valence-corrected chi connectivity index (χ2v) is 4.29. The number of hydrogen-bond donors (Lipinski definition) is 0. The zero-order chi connectivity index (χ0) is 11.7. The smallest absolute Gasteiger partial charge is 0.199 e. The first-order valence-electron chi connectivity index (χ1n) is 5.51. The van der Waals surface area contributed by atoms with Crippen LogP contribution in [0.15, 0.2) is 42.6 Å². The Morgan fingerprint density at radius 2 is 1.76 bits per heavy atom. The largest absolute Gasteiger partial charge is 0.345 e. The summed E-state index contributed by atoms with van der Waals surface area (Å²) in [6.07, 6.45) is 1.73. The molecule has 0 atom stereocenters. The Morgan fingerprint density at radius 3 is 2.47 bits per heavy atom. The highest BCUT2D eigenvalue weighted by Gasteiger charge is 2.21. The topological polar surface area (TPSA) is 23.4 Å². The second-order valence-electron chi connectivity index (χ2n) is 3.85. The molecule has 0 N–H and O–H groups in total. The van der Waals surface area contributed by atoms with E-state index < -0.39 is 0 Å². The number of benzene rings is 1. The van der Waals surface area contributed by atoms with Gasteiger partial charge in [0.1, 0.15) is 0 Å². The normalized spacial score (nSPS) is 16.5. The average molecular weight is 250 g/mol. The Kier molecular flexibility index (Phi) is 2.89. The molecule has 1 saturated heterocycles. The molecule has 1 aromatic heterocycles. The van der Waals surface area contributed by atoms with Crippen molar-refractivity contribution in [1.82, 2.24) is 4.57 Å². The third-order valence-corrected chi connectivity index (χ3v) is 3.00. The quantitative estimate of drug-likeness (QED) is 0.816. The van der Waals surface area contributed by atoms with E-state index in [0.29, 0.717) is 13.2 Å². The van der Waals surface area contributed by atoms with Crippen LogP contribution in [0.1, 0.15) is 12.0 Å². The van der Waals surface area contributed by atoms with Gasteiger partial charge in [-0.3, -0.25) is 0 Å². The molecule has 0 amide bonds. The average Bonchev–Trinajstić information content (AvgIpc) is 3.00. The van der Waals surface area contributed by atoms with Gasteiger partial charge in [-0.1, -0.05) is 11.6 Å². The Balaban J connectivity index is 1.97. The Bertz CT molecular complexity index is 500. The van der Waals surface area contributed by atoms with E-state index in [9.17, 15) is 0 Å². The standard InChI is InChI=1S/C13H12ClNO2/c14-10-3-5-11(6-4-10)15-7-1-2-12(15)13-16-8-9-17-13/h1-7,13H,8-9H2. The van der Waals surface area contributed by atoms with Crippen LogP contribution in [0.4, 0.5) is 0 Å². The van der Waals surface area contributed by atoms with Crippen LogP contribution < -0.4 is 0 Å². The molecule has 0 aliphatic carbocycles. The van der Waals surface area contributed by atoms with Crippen molar-refractivity contribution in [2.75, 3.05) is 13.2 Å². The zero-order valence-electron chi connectivity index (χ0n) is 9.17. The molecule has 0 unspecified atom stereocenters. The minimum atomic E-state index is -0.263. The monoisotopic (exact) mass is 249 g/mol. The van der Waals surface area contributed by atoms with Crippen LogP contribution in [0, 0.1) is 0 Å². The molecule has 17 heavy (non-hydrogen) atoms. The summed E-state index contributed by atoms with van der Waals surface area (Å²) in [6.45, 7) is 1.30. The molecular formula is C13H12ClNO2. The number of rotatable bonds is 2. The lowest BCUT2D eigenvalue weighted by molar-refractivity contribution is -0.0483. The fourth-order valence-electron chi connectivity index (χ4n) is 1.95. The van der Waals surface area contributed by atoms with Crippen LogP contribution in [0.2, 0.25) is 5.02 Å². The van der Waals surface area contributed by atoms with E-state index >= 15 is 0 Å². The van der Waals surface area contributed by atoms with Gasteiger partial charge in [0.2, 0.25) is 0 Å². The summed E-state index contributed by atoms with van der Waals surface area (Å²) >= 11 is 5.88. The summed E-state index contributed by atoms with van der Waals surface area (Å²) in [4.78, 5) is 0. The second kappa shape index (κ2) is 4.53. The fourth-order valence-corrected chi connectivity index (χ4v) is 2.08. The predicted octanol–water partition coefficient (Wildman–Crippen LogP) is 3.18. The molecule has 0 radical (unpaired) electrons. The molecule has 1 fully saturated rings.